The highest BCUT2D eigenvalue weighted by Crippen LogP contribution is 2.36. The minimum absolute atomic E-state index is 0.425. The molecule has 0 saturated carbocycles. The molecular formula is C28H40N8. The Hall–Kier alpha value is -3.10. The van der Waals surface area contributed by atoms with Gasteiger partial charge < -0.3 is 26.3 Å². The fourth-order valence-corrected chi connectivity index (χ4v) is 5.90. The molecule has 8 heteroatoms. The third kappa shape index (κ3) is 4.92. The van der Waals surface area contributed by atoms with Crippen LogP contribution in [0, 0.1) is 13.8 Å². The summed E-state index contributed by atoms with van der Waals surface area (Å²) in [5.74, 6) is 1.16. The fraction of sp³-hybridized carbons (Fsp3) is 0.500. The van der Waals surface area contributed by atoms with Crippen LogP contribution in [0.2, 0.25) is 0 Å². The number of pyridine rings is 1. The maximum atomic E-state index is 6.54. The third-order valence-electron chi connectivity index (χ3n) is 8.08. The highest BCUT2D eigenvalue weighted by atomic mass is 15.3. The van der Waals surface area contributed by atoms with Gasteiger partial charge in [-0.2, -0.15) is 5.10 Å². The van der Waals surface area contributed by atoms with Crippen LogP contribution in [-0.4, -0.2) is 69.8 Å². The van der Waals surface area contributed by atoms with Crippen molar-refractivity contribution in [3.8, 4) is 11.3 Å². The van der Waals surface area contributed by atoms with Gasteiger partial charge >= 0.3 is 0 Å². The number of H-pyrrole nitrogens is 1. The Balaban J connectivity index is 1.41. The number of nitrogens with two attached hydrogens (primary N) is 2. The van der Waals surface area contributed by atoms with Crippen LogP contribution < -0.4 is 11.5 Å². The van der Waals surface area contributed by atoms with Gasteiger partial charge in [0.2, 0.25) is 0 Å². The number of nitrogen functional groups attached to an aromatic ring is 1. The minimum Gasteiger partial charge on any atom is -0.397 e. The van der Waals surface area contributed by atoms with Crippen molar-refractivity contribution in [1.82, 2.24) is 29.5 Å². The topological polar surface area (TPSA) is 105 Å². The molecule has 5 rings (SSSR count). The highest BCUT2D eigenvalue weighted by molar-refractivity contribution is 5.88. The van der Waals surface area contributed by atoms with Crippen LogP contribution in [0.4, 0.5) is 5.82 Å². The Bertz CT molecular complexity index is 1210. The number of aromatic nitrogens is 4. The third-order valence-corrected chi connectivity index (χ3v) is 8.08. The molecule has 5 heterocycles. The van der Waals surface area contributed by atoms with Crippen LogP contribution in [0.25, 0.3) is 23.0 Å². The molecule has 0 aromatic carbocycles. The zero-order valence-corrected chi connectivity index (χ0v) is 22.1. The molecule has 5 N–H and O–H groups in total. The van der Waals surface area contributed by atoms with Gasteiger partial charge in [-0.15, -0.1) is 0 Å². The van der Waals surface area contributed by atoms with Crippen LogP contribution in [0.3, 0.4) is 0 Å². The Labute approximate surface area is 214 Å². The predicted molar refractivity (Wildman–Crippen MR) is 147 cm³/mol. The van der Waals surface area contributed by atoms with Crippen LogP contribution in [0.15, 0.2) is 24.5 Å². The normalized spacial score (nSPS) is 19.3. The molecule has 8 nitrogen and oxygen atoms in total. The number of anilines is 1. The van der Waals surface area contributed by atoms with E-state index in [9.17, 15) is 0 Å². The summed E-state index contributed by atoms with van der Waals surface area (Å²) in [5.41, 5.74) is 20.8. The number of nitrogens with zero attached hydrogens (tertiary/aromatic N) is 5. The van der Waals surface area contributed by atoms with Crippen molar-refractivity contribution < 1.29 is 0 Å². The Kier molecular flexibility index (Phi) is 6.90. The van der Waals surface area contributed by atoms with E-state index >= 15 is 0 Å². The zero-order valence-electron chi connectivity index (χ0n) is 22.1. The zero-order chi connectivity index (χ0) is 25.4. The van der Waals surface area contributed by atoms with Gasteiger partial charge in [0.05, 0.1) is 17.4 Å². The van der Waals surface area contributed by atoms with Gasteiger partial charge in [-0.25, -0.2) is 0 Å². The lowest BCUT2D eigenvalue weighted by Gasteiger charge is -2.31. The van der Waals surface area contributed by atoms with Crippen LogP contribution >= 0.6 is 0 Å². The van der Waals surface area contributed by atoms with E-state index in [-0.39, 0.29) is 0 Å². The molecule has 2 saturated heterocycles. The van der Waals surface area contributed by atoms with Crippen molar-refractivity contribution in [3.63, 3.8) is 0 Å². The number of piperidine rings is 2. The predicted octanol–water partition coefficient (Wildman–Crippen LogP) is 4.00. The second-order valence-electron chi connectivity index (χ2n) is 10.7. The number of likely N-dealkylation sites (tertiary alicyclic amines) is 2. The van der Waals surface area contributed by atoms with E-state index in [4.69, 9.17) is 21.5 Å². The SMILES string of the molecule is Cc1cc(-c2c[nH]c(N)c2/C=C(\N)c2ccn(C3CCN(C)CC3)n2)nc(C)c1C1CCN(C)CC1. The quantitative estimate of drug-likeness (QED) is 0.501. The number of aryl methyl sites for hydroxylation is 2. The number of rotatable bonds is 5. The van der Waals surface area contributed by atoms with Gasteiger partial charge in [0.15, 0.2) is 0 Å². The van der Waals surface area contributed by atoms with Crippen molar-refractivity contribution in [1.29, 1.82) is 0 Å². The molecule has 36 heavy (non-hydrogen) atoms. The summed E-state index contributed by atoms with van der Waals surface area (Å²) in [6, 6.07) is 4.62. The van der Waals surface area contributed by atoms with E-state index in [1.54, 1.807) is 0 Å². The number of hydrogen-bond donors (Lipinski definition) is 3. The van der Waals surface area contributed by atoms with Gasteiger partial charge in [0, 0.05) is 29.2 Å². The summed E-state index contributed by atoms with van der Waals surface area (Å²) < 4.78 is 2.07. The standard InChI is InChI=1S/C28H40N8/c1-18-15-26(32-19(2)27(18)20-5-10-34(3)11-6-20)23-17-31-28(30)22(23)16-24(29)25-9-14-36(33-25)21-7-12-35(4)13-8-21/h9,14-17,20-21,31H,5-8,10-13,29-30H2,1-4H3/b24-16-. The largest absolute Gasteiger partial charge is 0.397 e. The van der Waals surface area contributed by atoms with E-state index in [0.717, 1.165) is 67.2 Å². The smallest absolute Gasteiger partial charge is 0.108 e. The highest BCUT2D eigenvalue weighted by Gasteiger charge is 2.24. The lowest BCUT2D eigenvalue weighted by molar-refractivity contribution is 0.212. The molecule has 0 radical (unpaired) electrons. The Morgan fingerprint density at radius 3 is 2.39 bits per heavy atom. The Morgan fingerprint density at radius 2 is 1.72 bits per heavy atom. The monoisotopic (exact) mass is 488 g/mol. The van der Waals surface area contributed by atoms with Gasteiger partial charge in [-0.1, -0.05) is 0 Å². The number of nitrogens with one attached hydrogen (secondary N) is 1. The van der Waals surface area contributed by atoms with Gasteiger partial charge in [0.25, 0.3) is 0 Å². The molecule has 3 aromatic rings. The second-order valence-corrected chi connectivity index (χ2v) is 10.7. The van der Waals surface area contributed by atoms with Gasteiger partial charge in [-0.3, -0.25) is 9.67 Å². The van der Waals surface area contributed by atoms with Crippen molar-refractivity contribution in [3.05, 3.63) is 52.6 Å². The van der Waals surface area contributed by atoms with E-state index in [1.165, 1.54) is 24.0 Å². The van der Waals surface area contributed by atoms with E-state index < -0.39 is 0 Å². The number of hydrogen-bond acceptors (Lipinski definition) is 6. The molecule has 0 atom stereocenters. The molecule has 0 amide bonds. The van der Waals surface area contributed by atoms with Crippen LogP contribution in [0.5, 0.6) is 0 Å². The molecular weight excluding hydrogens is 448 g/mol. The van der Waals surface area contributed by atoms with E-state index in [2.05, 4.69) is 53.5 Å². The summed E-state index contributed by atoms with van der Waals surface area (Å²) in [5, 5.41) is 4.80. The maximum Gasteiger partial charge on any atom is 0.108 e. The first-order chi connectivity index (χ1) is 17.3. The molecule has 3 aromatic heterocycles. The first-order valence-corrected chi connectivity index (χ1v) is 13.1. The summed E-state index contributed by atoms with van der Waals surface area (Å²) in [6.07, 6.45) is 10.5. The van der Waals surface area contributed by atoms with Gasteiger partial charge in [-0.05, 0) is 115 Å². The van der Waals surface area contributed by atoms with Crippen LogP contribution in [0.1, 0.15) is 65.7 Å². The first kappa shape index (κ1) is 24.6. The molecule has 2 fully saturated rings. The average molecular weight is 489 g/mol. The van der Waals surface area contributed by atoms with Crippen molar-refractivity contribution in [2.45, 2.75) is 51.5 Å². The maximum absolute atomic E-state index is 6.54. The lowest BCUT2D eigenvalue weighted by Crippen LogP contribution is -2.31. The summed E-state index contributed by atoms with van der Waals surface area (Å²) >= 11 is 0. The molecule has 0 unspecified atom stereocenters. The van der Waals surface area contributed by atoms with E-state index in [0.29, 0.717) is 23.5 Å². The van der Waals surface area contributed by atoms with Crippen molar-refractivity contribution in [2.24, 2.45) is 5.73 Å². The van der Waals surface area contributed by atoms with Crippen molar-refractivity contribution >= 4 is 17.6 Å². The number of aromatic amines is 1. The Morgan fingerprint density at radius 1 is 1.06 bits per heavy atom. The fourth-order valence-electron chi connectivity index (χ4n) is 5.90. The van der Waals surface area contributed by atoms with E-state index in [1.807, 2.05) is 24.5 Å². The lowest BCUT2D eigenvalue weighted by atomic mass is 9.85. The molecule has 0 spiro atoms. The summed E-state index contributed by atoms with van der Waals surface area (Å²) in [7, 11) is 4.37. The molecule has 192 valence electrons. The molecule has 0 bridgehead atoms. The minimum atomic E-state index is 0.425. The van der Waals surface area contributed by atoms with Crippen LogP contribution in [-0.2, 0) is 0 Å². The summed E-state index contributed by atoms with van der Waals surface area (Å²) in [6.45, 7) is 8.82. The molecule has 2 aliphatic heterocycles. The first-order valence-electron chi connectivity index (χ1n) is 13.1. The average Bonchev–Trinajstić information content (AvgIpc) is 3.48. The second kappa shape index (κ2) is 10.1. The molecule has 0 aliphatic carbocycles. The van der Waals surface area contributed by atoms with Gasteiger partial charge in [0.1, 0.15) is 11.5 Å². The molecule has 2 aliphatic rings. The summed E-state index contributed by atoms with van der Waals surface area (Å²) in [4.78, 5) is 13.0. The van der Waals surface area contributed by atoms with Crippen molar-refractivity contribution in [2.75, 3.05) is 46.0 Å².